The molecule has 0 aromatic heterocycles. The maximum absolute atomic E-state index is 11.3. The van der Waals surface area contributed by atoms with Crippen molar-refractivity contribution in [3.05, 3.63) is 0 Å². The lowest BCUT2D eigenvalue weighted by molar-refractivity contribution is -0.514. The van der Waals surface area contributed by atoms with Gasteiger partial charge in [0.1, 0.15) is 11.6 Å². The van der Waals surface area contributed by atoms with Crippen LogP contribution in [-0.2, 0) is 9.53 Å². The molecule has 4 nitrogen and oxygen atoms in total. The van der Waals surface area contributed by atoms with Crippen LogP contribution in [0.15, 0.2) is 0 Å². The van der Waals surface area contributed by atoms with E-state index in [-0.39, 0.29) is 42.9 Å². The Morgan fingerprint density at radius 1 is 1.21 bits per heavy atom. The number of halogens is 2. The molecule has 14 heavy (non-hydrogen) atoms. The summed E-state index contributed by atoms with van der Waals surface area (Å²) in [6, 6.07) is -0.385. The highest BCUT2D eigenvalue weighted by molar-refractivity contribution is 5.74. The molecule has 0 aliphatic carbocycles. The van der Waals surface area contributed by atoms with E-state index in [9.17, 15) is 4.79 Å². The highest BCUT2D eigenvalue weighted by Gasteiger charge is 2.29. The van der Waals surface area contributed by atoms with Crippen LogP contribution in [0.25, 0.3) is 0 Å². The van der Waals surface area contributed by atoms with Crippen molar-refractivity contribution in [2.24, 2.45) is 0 Å². The van der Waals surface area contributed by atoms with Gasteiger partial charge in [0.15, 0.2) is 0 Å². The third-order valence-corrected chi connectivity index (χ3v) is 1.40. The largest absolute Gasteiger partial charge is 1.00 e. The van der Waals surface area contributed by atoms with Crippen LogP contribution in [0.5, 0.6) is 0 Å². The van der Waals surface area contributed by atoms with Crippen molar-refractivity contribution in [1.29, 1.82) is 0 Å². The Kier molecular flexibility index (Phi) is 10.2. The van der Waals surface area contributed by atoms with Gasteiger partial charge in [-0.2, -0.15) is 0 Å². The zero-order chi connectivity index (χ0) is 9.94. The second kappa shape index (κ2) is 7.29. The fraction of sp³-hybridized carbons (Fsp3) is 0.875. The molecule has 0 saturated heterocycles. The Balaban J connectivity index is -0.000000605. The monoisotopic (exact) mass is 246 g/mol. The van der Waals surface area contributed by atoms with Gasteiger partial charge in [-0.1, -0.05) is 0 Å². The fourth-order valence-electron chi connectivity index (χ4n) is 0.610. The number of carbonyl (C=O) groups is 1. The van der Waals surface area contributed by atoms with Gasteiger partial charge in [0.2, 0.25) is 6.04 Å². The quantitative estimate of drug-likeness (QED) is 0.475. The van der Waals surface area contributed by atoms with Gasteiger partial charge < -0.3 is 41.0 Å². The van der Waals surface area contributed by atoms with Crippen molar-refractivity contribution in [2.75, 3.05) is 0 Å². The Labute approximate surface area is 97.6 Å². The molecular formula is C8H20Cl2N2O2. The summed E-state index contributed by atoms with van der Waals surface area (Å²) >= 11 is 0. The molecule has 0 amide bonds. The average molecular weight is 247 g/mol. The standard InChI is InChI=1S/C8H18N2O2.2ClH/c1-5(9)6(10)7(11)12-8(2,3)4;;/h5-6H,9-10H2,1-4H3;2*1H/t5-,6-;;/m1../s1. The molecular weight excluding hydrogens is 227 g/mol. The zero-order valence-corrected chi connectivity index (χ0v) is 10.7. The van der Waals surface area contributed by atoms with Gasteiger partial charge in [0.25, 0.3) is 0 Å². The van der Waals surface area contributed by atoms with Crippen molar-refractivity contribution < 1.29 is 45.8 Å². The minimum Gasteiger partial charge on any atom is -1.00 e. The number of hydrogen-bond donors (Lipinski definition) is 2. The molecule has 0 fully saturated rings. The lowest BCUT2D eigenvalue weighted by Crippen LogP contribution is -3.00. The van der Waals surface area contributed by atoms with Crippen LogP contribution in [0.2, 0.25) is 0 Å². The molecule has 6 heteroatoms. The van der Waals surface area contributed by atoms with E-state index >= 15 is 0 Å². The first-order valence-corrected chi connectivity index (χ1v) is 4.13. The van der Waals surface area contributed by atoms with E-state index in [0.29, 0.717) is 0 Å². The van der Waals surface area contributed by atoms with Gasteiger partial charge in [-0.15, -0.1) is 0 Å². The third kappa shape index (κ3) is 8.56. The molecule has 0 heterocycles. The summed E-state index contributed by atoms with van der Waals surface area (Å²) < 4.78 is 5.12. The van der Waals surface area contributed by atoms with E-state index in [4.69, 9.17) is 4.74 Å². The Hall–Kier alpha value is -0.0300. The van der Waals surface area contributed by atoms with Crippen LogP contribution in [0.3, 0.4) is 0 Å². The summed E-state index contributed by atoms with van der Waals surface area (Å²) in [6.07, 6.45) is 0. The highest BCUT2D eigenvalue weighted by Crippen LogP contribution is 2.07. The molecule has 0 rings (SSSR count). The molecule has 0 aliphatic rings. The van der Waals surface area contributed by atoms with Crippen LogP contribution in [-0.4, -0.2) is 23.7 Å². The normalized spacial score (nSPS) is 14.4. The summed E-state index contributed by atoms with van der Waals surface area (Å²) in [5.41, 5.74) is 6.98. The topological polar surface area (TPSA) is 81.6 Å². The summed E-state index contributed by atoms with van der Waals surface area (Å²) in [5, 5.41) is 0. The number of carbonyl (C=O) groups excluding carboxylic acids is 1. The number of ether oxygens (including phenoxy) is 1. The Morgan fingerprint density at radius 2 is 1.57 bits per heavy atom. The van der Waals surface area contributed by atoms with Crippen molar-refractivity contribution >= 4 is 5.97 Å². The molecule has 6 N–H and O–H groups in total. The van der Waals surface area contributed by atoms with Gasteiger partial charge in [-0.3, -0.25) is 0 Å². The fourth-order valence-corrected chi connectivity index (χ4v) is 0.610. The summed E-state index contributed by atoms with van der Waals surface area (Å²) in [4.78, 5) is 11.3. The lowest BCUT2D eigenvalue weighted by atomic mass is 10.1. The van der Waals surface area contributed by atoms with E-state index in [0.717, 1.165) is 0 Å². The SMILES string of the molecule is C[C@@H]([NH3+])[C@@H]([NH3+])C(=O)OC(C)(C)C.[Cl-].[Cl-]. The molecule has 88 valence electrons. The minimum atomic E-state index is -0.429. The summed E-state index contributed by atoms with van der Waals surface area (Å²) in [6.45, 7) is 7.36. The van der Waals surface area contributed by atoms with Crippen molar-refractivity contribution in [2.45, 2.75) is 45.4 Å². The molecule has 0 aromatic carbocycles. The van der Waals surface area contributed by atoms with Crippen molar-refractivity contribution in [3.63, 3.8) is 0 Å². The average Bonchev–Trinajstić information content (AvgIpc) is 1.82. The van der Waals surface area contributed by atoms with Gasteiger partial charge in [-0.05, 0) is 27.7 Å². The molecule has 0 radical (unpaired) electrons. The van der Waals surface area contributed by atoms with Gasteiger partial charge in [0, 0.05) is 0 Å². The number of hydrogen-bond acceptors (Lipinski definition) is 2. The summed E-state index contributed by atoms with van der Waals surface area (Å²) in [7, 11) is 0. The van der Waals surface area contributed by atoms with Crippen LogP contribution < -0.4 is 36.3 Å². The zero-order valence-electron chi connectivity index (χ0n) is 9.14. The van der Waals surface area contributed by atoms with E-state index in [1.165, 1.54) is 0 Å². The first-order valence-electron chi connectivity index (χ1n) is 4.13. The molecule has 2 atom stereocenters. The molecule has 0 saturated carbocycles. The second-order valence-electron chi connectivity index (χ2n) is 4.12. The highest BCUT2D eigenvalue weighted by atomic mass is 35.5. The van der Waals surface area contributed by atoms with E-state index < -0.39 is 5.60 Å². The first kappa shape index (κ1) is 19.5. The Morgan fingerprint density at radius 3 is 1.79 bits per heavy atom. The second-order valence-corrected chi connectivity index (χ2v) is 4.12. The van der Waals surface area contributed by atoms with Crippen LogP contribution in [0.1, 0.15) is 27.7 Å². The maximum atomic E-state index is 11.3. The molecule has 0 aromatic rings. The lowest BCUT2D eigenvalue weighted by Gasteiger charge is -2.20. The predicted octanol–water partition coefficient (Wildman–Crippen LogP) is -7.42. The smallest absolute Gasteiger partial charge is 0.371 e. The Bertz CT molecular complexity index is 169. The van der Waals surface area contributed by atoms with Gasteiger partial charge in [-0.25, -0.2) is 4.79 Å². The maximum Gasteiger partial charge on any atom is 0.371 e. The van der Waals surface area contributed by atoms with Gasteiger partial charge in [0.05, 0.1) is 0 Å². The summed E-state index contributed by atoms with van der Waals surface area (Å²) in [5.74, 6) is -0.273. The number of esters is 1. The third-order valence-electron chi connectivity index (χ3n) is 1.40. The number of quaternary nitrogens is 2. The first-order chi connectivity index (χ1) is 5.24. The molecule has 0 aliphatic heterocycles. The molecule has 0 unspecified atom stereocenters. The minimum absolute atomic E-state index is 0. The van der Waals surface area contributed by atoms with Gasteiger partial charge >= 0.3 is 5.97 Å². The van der Waals surface area contributed by atoms with E-state index in [2.05, 4.69) is 11.5 Å². The molecule has 0 bridgehead atoms. The van der Waals surface area contributed by atoms with Crippen molar-refractivity contribution in [1.82, 2.24) is 0 Å². The van der Waals surface area contributed by atoms with Crippen LogP contribution in [0, 0.1) is 0 Å². The van der Waals surface area contributed by atoms with Crippen molar-refractivity contribution in [3.8, 4) is 0 Å². The predicted molar refractivity (Wildman–Crippen MR) is 44.9 cm³/mol. The van der Waals surface area contributed by atoms with Crippen LogP contribution >= 0.6 is 0 Å². The number of rotatable bonds is 2. The van der Waals surface area contributed by atoms with E-state index in [1.807, 2.05) is 27.7 Å². The van der Waals surface area contributed by atoms with Crippen LogP contribution in [0.4, 0.5) is 0 Å². The van der Waals surface area contributed by atoms with E-state index in [1.54, 1.807) is 0 Å². The molecule has 0 spiro atoms.